The Morgan fingerprint density at radius 3 is 2.52 bits per heavy atom. The number of piperidine rings is 1. The molecule has 0 aliphatic carbocycles. The lowest BCUT2D eigenvalue weighted by Gasteiger charge is -2.32. The number of ether oxygens (including phenoxy) is 1. The van der Waals surface area contributed by atoms with Crippen molar-refractivity contribution in [3.05, 3.63) is 0 Å². The summed E-state index contributed by atoms with van der Waals surface area (Å²) >= 11 is 0. The molecule has 0 saturated carbocycles. The van der Waals surface area contributed by atoms with Crippen molar-refractivity contribution in [2.75, 3.05) is 32.8 Å². The van der Waals surface area contributed by atoms with Crippen molar-refractivity contribution in [1.82, 2.24) is 4.90 Å². The molecule has 1 atom stereocenters. The van der Waals surface area contributed by atoms with Gasteiger partial charge in [-0.2, -0.15) is 0 Å². The van der Waals surface area contributed by atoms with Crippen molar-refractivity contribution < 1.29 is 14.6 Å². The van der Waals surface area contributed by atoms with E-state index in [0.29, 0.717) is 31.4 Å². The van der Waals surface area contributed by atoms with Crippen molar-refractivity contribution in [2.24, 2.45) is 17.6 Å². The molecule has 21 heavy (non-hydrogen) atoms. The normalized spacial score (nSPS) is 18.2. The van der Waals surface area contributed by atoms with Gasteiger partial charge in [-0.05, 0) is 44.1 Å². The maximum Gasteiger partial charge on any atom is 0.222 e. The number of hydrogen-bond donors (Lipinski definition) is 2. The molecule has 124 valence electrons. The molecule has 0 radical (unpaired) electrons. The molecule has 1 unspecified atom stereocenters. The summed E-state index contributed by atoms with van der Waals surface area (Å²) in [5.74, 6) is 1.39. The van der Waals surface area contributed by atoms with Crippen LogP contribution in [0.15, 0.2) is 0 Å². The molecule has 0 aromatic rings. The van der Waals surface area contributed by atoms with Crippen molar-refractivity contribution in [2.45, 2.75) is 52.1 Å². The molecule has 1 aliphatic rings. The van der Waals surface area contributed by atoms with Gasteiger partial charge in [-0.15, -0.1) is 0 Å². The SMILES string of the molecule is CC(C)C(CCN)CCC(=O)N1CCC(OCCO)CC1. The first-order chi connectivity index (χ1) is 10.1. The zero-order chi connectivity index (χ0) is 15.7. The number of carbonyl (C=O) groups excluding carboxylic acids is 1. The van der Waals surface area contributed by atoms with Gasteiger partial charge in [0.2, 0.25) is 5.91 Å². The number of nitrogens with zero attached hydrogens (tertiary/aromatic N) is 1. The fourth-order valence-electron chi connectivity index (χ4n) is 2.98. The molecule has 1 amide bonds. The highest BCUT2D eigenvalue weighted by molar-refractivity contribution is 5.76. The first-order valence-electron chi connectivity index (χ1n) is 8.28. The van der Waals surface area contributed by atoms with Crippen LogP contribution < -0.4 is 5.73 Å². The minimum absolute atomic E-state index is 0.0663. The van der Waals surface area contributed by atoms with E-state index in [1.54, 1.807) is 0 Å². The molecule has 0 spiro atoms. The highest BCUT2D eigenvalue weighted by Gasteiger charge is 2.24. The molecule has 1 saturated heterocycles. The Bertz CT molecular complexity index is 289. The number of carbonyl (C=O) groups is 1. The lowest BCUT2D eigenvalue weighted by Crippen LogP contribution is -2.41. The second-order valence-electron chi connectivity index (χ2n) is 6.29. The van der Waals surface area contributed by atoms with Gasteiger partial charge in [0, 0.05) is 19.5 Å². The predicted molar refractivity (Wildman–Crippen MR) is 83.9 cm³/mol. The second-order valence-corrected chi connectivity index (χ2v) is 6.29. The van der Waals surface area contributed by atoms with E-state index in [4.69, 9.17) is 15.6 Å². The first kappa shape index (κ1) is 18.4. The Balaban J connectivity index is 2.27. The molecule has 0 aromatic carbocycles. The lowest BCUT2D eigenvalue weighted by atomic mass is 9.88. The summed E-state index contributed by atoms with van der Waals surface area (Å²) in [5, 5.41) is 8.75. The lowest BCUT2D eigenvalue weighted by molar-refractivity contribution is -0.134. The van der Waals surface area contributed by atoms with E-state index >= 15 is 0 Å². The molecule has 1 fully saturated rings. The second kappa shape index (κ2) is 10.1. The highest BCUT2D eigenvalue weighted by atomic mass is 16.5. The molecular weight excluding hydrogens is 268 g/mol. The van der Waals surface area contributed by atoms with Crippen molar-refractivity contribution in [3.63, 3.8) is 0 Å². The summed E-state index contributed by atoms with van der Waals surface area (Å²) in [5.41, 5.74) is 5.64. The summed E-state index contributed by atoms with van der Waals surface area (Å²) in [7, 11) is 0. The van der Waals surface area contributed by atoms with Crippen LogP contribution in [0.5, 0.6) is 0 Å². The van der Waals surface area contributed by atoms with Crippen LogP contribution in [0.4, 0.5) is 0 Å². The van der Waals surface area contributed by atoms with Crippen LogP contribution in [0.2, 0.25) is 0 Å². The van der Waals surface area contributed by atoms with Gasteiger partial charge in [0.1, 0.15) is 0 Å². The smallest absolute Gasteiger partial charge is 0.222 e. The molecule has 1 rings (SSSR count). The first-order valence-corrected chi connectivity index (χ1v) is 8.28. The maximum absolute atomic E-state index is 12.3. The van der Waals surface area contributed by atoms with Crippen LogP contribution in [0.1, 0.15) is 46.0 Å². The topological polar surface area (TPSA) is 75.8 Å². The van der Waals surface area contributed by atoms with Crippen LogP contribution in [-0.4, -0.2) is 54.9 Å². The summed E-state index contributed by atoms with van der Waals surface area (Å²) in [4.78, 5) is 14.2. The fourth-order valence-corrected chi connectivity index (χ4v) is 2.98. The molecule has 0 aromatic heterocycles. The van der Waals surface area contributed by atoms with Gasteiger partial charge in [0.05, 0.1) is 19.3 Å². The van der Waals surface area contributed by atoms with E-state index in [-0.39, 0.29) is 18.6 Å². The van der Waals surface area contributed by atoms with E-state index in [0.717, 1.165) is 38.8 Å². The van der Waals surface area contributed by atoms with E-state index in [2.05, 4.69) is 13.8 Å². The van der Waals surface area contributed by atoms with Crippen LogP contribution in [-0.2, 0) is 9.53 Å². The summed E-state index contributed by atoms with van der Waals surface area (Å²) in [6.07, 6.45) is 4.52. The van der Waals surface area contributed by atoms with Gasteiger partial charge in [0.15, 0.2) is 0 Å². The molecular formula is C16H32N2O3. The van der Waals surface area contributed by atoms with Crippen LogP contribution in [0.3, 0.4) is 0 Å². The van der Waals surface area contributed by atoms with Gasteiger partial charge in [-0.1, -0.05) is 13.8 Å². The Labute approximate surface area is 128 Å². The summed E-state index contributed by atoms with van der Waals surface area (Å²) in [6.45, 7) is 7.12. The van der Waals surface area contributed by atoms with Crippen molar-refractivity contribution in [1.29, 1.82) is 0 Å². The quantitative estimate of drug-likeness (QED) is 0.674. The fraction of sp³-hybridized carbons (Fsp3) is 0.938. The minimum atomic E-state index is 0.0663. The molecule has 3 N–H and O–H groups in total. The highest BCUT2D eigenvalue weighted by Crippen LogP contribution is 2.22. The number of aliphatic hydroxyl groups is 1. The number of nitrogens with two attached hydrogens (primary N) is 1. The van der Waals surface area contributed by atoms with Gasteiger partial charge in [-0.3, -0.25) is 4.79 Å². The average molecular weight is 300 g/mol. The summed E-state index contributed by atoms with van der Waals surface area (Å²) in [6, 6.07) is 0. The van der Waals surface area contributed by atoms with Crippen molar-refractivity contribution >= 4 is 5.91 Å². The number of likely N-dealkylation sites (tertiary alicyclic amines) is 1. The van der Waals surface area contributed by atoms with E-state index in [1.807, 2.05) is 4.90 Å². The predicted octanol–water partition coefficient (Wildman–Crippen LogP) is 1.39. The Hall–Kier alpha value is -0.650. The van der Waals surface area contributed by atoms with Gasteiger partial charge in [0.25, 0.3) is 0 Å². The maximum atomic E-state index is 12.3. The summed E-state index contributed by atoms with van der Waals surface area (Å²) < 4.78 is 5.52. The largest absolute Gasteiger partial charge is 0.394 e. The third-order valence-corrected chi connectivity index (χ3v) is 4.45. The standard InChI is InChI=1S/C16H32N2O3/c1-13(2)14(5-8-17)3-4-16(20)18-9-6-15(7-10-18)21-12-11-19/h13-15,19H,3-12,17H2,1-2H3. The number of rotatable bonds is 9. The van der Waals surface area contributed by atoms with Crippen LogP contribution in [0.25, 0.3) is 0 Å². The third kappa shape index (κ3) is 6.76. The molecule has 1 aliphatic heterocycles. The molecule has 0 bridgehead atoms. The Morgan fingerprint density at radius 1 is 1.33 bits per heavy atom. The van der Waals surface area contributed by atoms with Gasteiger partial charge in [-0.25, -0.2) is 0 Å². The number of aliphatic hydroxyl groups excluding tert-OH is 1. The number of amides is 1. The molecule has 5 nitrogen and oxygen atoms in total. The van der Waals surface area contributed by atoms with Gasteiger partial charge >= 0.3 is 0 Å². The van der Waals surface area contributed by atoms with Crippen LogP contribution in [0, 0.1) is 11.8 Å². The zero-order valence-corrected chi connectivity index (χ0v) is 13.6. The molecule has 5 heteroatoms. The van der Waals surface area contributed by atoms with Gasteiger partial charge < -0.3 is 20.5 Å². The number of hydrogen-bond acceptors (Lipinski definition) is 4. The monoisotopic (exact) mass is 300 g/mol. The Kier molecular flexibility index (Phi) is 8.88. The third-order valence-electron chi connectivity index (χ3n) is 4.45. The van der Waals surface area contributed by atoms with Crippen molar-refractivity contribution in [3.8, 4) is 0 Å². The average Bonchev–Trinajstić information content (AvgIpc) is 2.49. The van der Waals surface area contributed by atoms with E-state index in [1.165, 1.54) is 0 Å². The Morgan fingerprint density at radius 2 is 2.00 bits per heavy atom. The molecule has 1 heterocycles. The van der Waals surface area contributed by atoms with Crippen LogP contribution >= 0.6 is 0 Å². The zero-order valence-electron chi connectivity index (χ0n) is 13.6. The van der Waals surface area contributed by atoms with E-state index in [9.17, 15) is 4.79 Å². The minimum Gasteiger partial charge on any atom is -0.394 e. The van der Waals surface area contributed by atoms with E-state index < -0.39 is 0 Å².